The van der Waals surface area contributed by atoms with Crippen LogP contribution in [0.2, 0.25) is 0 Å². The Morgan fingerprint density at radius 3 is 2.48 bits per heavy atom. The molecule has 0 radical (unpaired) electrons. The Hall–Kier alpha value is -3.43. The average Bonchev–Trinajstić information content (AvgIpc) is 3.08. The Labute approximate surface area is 155 Å². The van der Waals surface area contributed by atoms with Crippen molar-refractivity contribution in [1.82, 2.24) is 9.78 Å². The van der Waals surface area contributed by atoms with Gasteiger partial charge in [0.1, 0.15) is 11.6 Å². The zero-order valence-electron chi connectivity index (χ0n) is 15.1. The fourth-order valence-corrected chi connectivity index (χ4v) is 2.14. The number of nitrogens with one attached hydrogen (secondary N) is 1. The average molecular weight is 376 g/mol. The van der Waals surface area contributed by atoms with Crippen LogP contribution in [0.1, 0.15) is 26.8 Å². The minimum atomic E-state index is -1.03. The molecule has 0 spiro atoms. The van der Waals surface area contributed by atoms with Crippen LogP contribution in [0, 0.1) is 10.1 Å². The summed E-state index contributed by atoms with van der Waals surface area (Å²) in [7, 11) is 0. The standard InChI is InChI=1S/C17H20N4O6/c1-11(2)20-15(8-9-18-20)19-17(23)12(3)27-16(22)10-26-14-6-4-13(5-7-14)21(24)25/h4-9,11-12H,10H2,1-3H3,(H,19,23)/t12-/m1/s1. The van der Waals surface area contributed by atoms with Crippen molar-refractivity contribution in [3.63, 3.8) is 0 Å². The molecule has 2 rings (SSSR count). The SMILES string of the molecule is CC(C)n1nccc1NC(=O)[C@@H](C)OC(=O)COc1ccc([N+](=O)[O-])cc1. The van der Waals surface area contributed by atoms with Gasteiger partial charge in [-0.05, 0) is 32.9 Å². The van der Waals surface area contributed by atoms with E-state index >= 15 is 0 Å². The second kappa shape index (κ2) is 8.79. The van der Waals surface area contributed by atoms with Gasteiger partial charge < -0.3 is 14.8 Å². The lowest BCUT2D eigenvalue weighted by Gasteiger charge is -2.16. The summed E-state index contributed by atoms with van der Waals surface area (Å²) in [6.07, 6.45) is 0.526. The second-order valence-electron chi connectivity index (χ2n) is 5.92. The van der Waals surface area contributed by atoms with Gasteiger partial charge in [-0.2, -0.15) is 5.10 Å². The topological polar surface area (TPSA) is 126 Å². The van der Waals surface area contributed by atoms with E-state index in [2.05, 4.69) is 10.4 Å². The second-order valence-corrected chi connectivity index (χ2v) is 5.92. The van der Waals surface area contributed by atoms with Gasteiger partial charge in [0, 0.05) is 24.2 Å². The number of esters is 1. The number of aromatic nitrogens is 2. The molecule has 0 saturated heterocycles. The number of non-ortho nitro benzene ring substituents is 1. The molecule has 2 aromatic rings. The van der Waals surface area contributed by atoms with Crippen LogP contribution in [0.4, 0.5) is 11.5 Å². The van der Waals surface area contributed by atoms with E-state index in [1.807, 2.05) is 13.8 Å². The van der Waals surface area contributed by atoms with E-state index in [0.717, 1.165) is 0 Å². The summed E-state index contributed by atoms with van der Waals surface area (Å²) >= 11 is 0. The predicted molar refractivity (Wildman–Crippen MR) is 95.4 cm³/mol. The number of benzene rings is 1. The zero-order chi connectivity index (χ0) is 20.0. The third kappa shape index (κ3) is 5.53. The van der Waals surface area contributed by atoms with Gasteiger partial charge in [0.05, 0.1) is 11.1 Å². The summed E-state index contributed by atoms with van der Waals surface area (Å²) in [5, 5.41) is 17.3. The fourth-order valence-electron chi connectivity index (χ4n) is 2.14. The number of carbonyl (C=O) groups is 2. The molecular weight excluding hydrogens is 356 g/mol. The maximum atomic E-state index is 12.2. The molecule has 1 amide bonds. The molecule has 0 aliphatic rings. The van der Waals surface area contributed by atoms with Crippen LogP contribution in [0.25, 0.3) is 0 Å². The van der Waals surface area contributed by atoms with Crippen LogP contribution in [-0.2, 0) is 14.3 Å². The number of rotatable bonds is 8. The van der Waals surface area contributed by atoms with Crippen molar-refractivity contribution < 1.29 is 24.0 Å². The molecule has 0 aliphatic heterocycles. The fraction of sp³-hybridized carbons (Fsp3) is 0.353. The molecule has 0 bridgehead atoms. The van der Waals surface area contributed by atoms with E-state index in [1.54, 1.807) is 16.9 Å². The van der Waals surface area contributed by atoms with Crippen molar-refractivity contribution >= 4 is 23.4 Å². The third-order valence-electron chi connectivity index (χ3n) is 3.49. The van der Waals surface area contributed by atoms with E-state index in [0.29, 0.717) is 5.82 Å². The van der Waals surface area contributed by atoms with E-state index in [-0.39, 0.29) is 17.5 Å². The van der Waals surface area contributed by atoms with Gasteiger partial charge in [-0.25, -0.2) is 9.48 Å². The summed E-state index contributed by atoms with van der Waals surface area (Å²) in [5.74, 6) is -0.468. The van der Waals surface area contributed by atoms with E-state index in [4.69, 9.17) is 9.47 Å². The van der Waals surface area contributed by atoms with Crippen molar-refractivity contribution in [3.8, 4) is 5.75 Å². The monoisotopic (exact) mass is 376 g/mol. The third-order valence-corrected chi connectivity index (χ3v) is 3.49. The van der Waals surface area contributed by atoms with E-state index in [1.165, 1.54) is 31.2 Å². The number of hydrogen-bond donors (Lipinski definition) is 1. The van der Waals surface area contributed by atoms with Crippen molar-refractivity contribution in [2.45, 2.75) is 32.9 Å². The molecular formula is C17H20N4O6. The summed E-state index contributed by atoms with van der Waals surface area (Å²) < 4.78 is 11.9. The molecule has 1 heterocycles. The summed E-state index contributed by atoms with van der Waals surface area (Å²) in [4.78, 5) is 34.0. The molecule has 0 aliphatic carbocycles. The highest BCUT2D eigenvalue weighted by molar-refractivity contribution is 5.94. The van der Waals surface area contributed by atoms with Crippen LogP contribution >= 0.6 is 0 Å². The van der Waals surface area contributed by atoms with Gasteiger partial charge >= 0.3 is 5.97 Å². The first-order valence-electron chi connectivity index (χ1n) is 8.19. The maximum absolute atomic E-state index is 12.2. The molecule has 1 aromatic carbocycles. The number of nitrogens with zero attached hydrogens (tertiary/aromatic N) is 3. The number of nitro groups is 1. The first kappa shape index (κ1) is 19.9. The van der Waals surface area contributed by atoms with Gasteiger partial charge in [-0.15, -0.1) is 0 Å². The minimum Gasteiger partial charge on any atom is -0.482 e. The number of nitro benzene ring substituents is 1. The lowest BCUT2D eigenvalue weighted by molar-refractivity contribution is -0.384. The minimum absolute atomic E-state index is 0.0586. The number of hydrogen-bond acceptors (Lipinski definition) is 7. The van der Waals surface area contributed by atoms with E-state index < -0.39 is 29.5 Å². The van der Waals surface area contributed by atoms with Gasteiger partial charge in [0.2, 0.25) is 0 Å². The van der Waals surface area contributed by atoms with Crippen LogP contribution in [-0.4, -0.2) is 39.3 Å². The van der Waals surface area contributed by atoms with Crippen molar-refractivity contribution in [1.29, 1.82) is 0 Å². The lowest BCUT2D eigenvalue weighted by Crippen LogP contribution is -2.32. The summed E-state index contributed by atoms with van der Waals surface area (Å²) in [5.41, 5.74) is -0.0872. The highest BCUT2D eigenvalue weighted by Gasteiger charge is 2.20. The Balaban J connectivity index is 1.83. The molecule has 0 unspecified atom stereocenters. The first-order valence-corrected chi connectivity index (χ1v) is 8.19. The Bertz CT molecular complexity index is 815. The van der Waals surface area contributed by atoms with Crippen LogP contribution in [0.15, 0.2) is 36.5 Å². The van der Waals surface area contributed by atoms with Crippen LogP contribution in [0.5, 0.6) is 5.75 Å². The quantitative estimate of drug-likeness (QED) is 0.426. The molecule has 27 heavy (non-hydrogen) atoms. The lowest BCUT2D eigenvalue weighted by atomic mass is 10.3. The molecule has 0 fully saturated rings. The van der Waals surface area contributed by atoms with Crippen LogP contribution in [0.3, 0.4) is 0 Å². The first-order chi connectivity index (χ1) is 12.8. The van der Waals surface area contributed by atoms with Crippen molar-refractivity contribution in [2.24, 2.45) is 0 Å². The predicted octanol–water partition coefficient (Wildman–Crippen LogP) is 2.32. The maximum Gasteiger partial charge on any atom is 0.344 e. The summed E-state index contributed by atoms with van der Waals surface area (Å²) in [6.45, 7) is 4.85. The molecule has 144 valence electrons. The van der Waals surface area contributed by atoms with Gasteiger partial charge in [0.15, 0.2) is 12.7 Å². The summed E-state index contributed by atoms with van der Waals surface area (Å²) in [6, 6.07) is 6.96. The van der Waals surface area contributed by atoms with Crippen molar-refractivity contribution in [3.05, 3.63) is 46.6 Å². The Morgan fingerprint density at radius 2 is 1.89 bits per heavy atom. The number of anilines is 1. The zero-order valence-corrected chi connectivity index (χ0v) is 15.1. The normalized spacial score (nSPS) is 11.7. The number of ether oxygens (including phenoxy) is 2. The van der Waals surface area contributed by atoms with E-state index in [9.17, 15) is 19.7 Å². The van der Waals surface area contributed by atoms with Gasteiger partial charge in [-0.1, -0.05) is 0 Å². The molecule has 1 N–H and O–H groups in total. The number of amides is 1. The smallest absolute Gasteiger partial charge is 0.344 e. The largest absolute Gasteiger partial charge is 0.482 e. The molecule has 1 atom stereocenters. The highest BCUT2D eigenvalue weighted by Crippen LogP contribution is 2.17. The molecule has 10 nitrogen and oxygen atoms in total. The Morgan fingerprint density at radius 1 is 1.22 bits per heavy atom. The van der Waals surface area contributed by atoms with Crippen LogP contribution < -0.4 is 10.1 Å². The molecule has 0 saturated carbocycles. The molecule has 1 aromatic heterocycles. The number of carbonyl (C=O) groups excluding carboxylic acids is 2. The van der Waals surface area contributed by atoms with Crippen molar-refractivity contribution in [2.75, 3.05) is 11.9 Å². The van der Waals surface area contributed by atoms with Gasteiger partial charge in [-0.3, -0.25) is 14.9 Å². The molecule has 10 heteroatoms. The highest BCUT2D eigenvalue weighted by atomic mass is 16.6. The van der Waals surface area contributed by atoms with Gasteiger partial charge in [0.25, 0.3) is 11.6 Å². The Kier molecular flexibility index (Phi) is 6.47.